The van der Waals surface area contributed by atoms with Crippen LogP contribution >= 0.6 is 11.8 Å². The van der Waals surface area contributed by atoms with Crippen molar-refractivity contribution in [3.63, 3.8) is 0 Å². The summed E-state index contributed by atoms with van der Waals surface area (Å²) in [5.41, 5.74) is 2.06. The van der Waals surface area contributed by atoms with E-state index in [0.717, 1.165) is 45.0 Å². The molecule has 3 rings (SSSR count). The number of amides is 1. The smallest absolute Gasteiger partial charge is 0.225 e. The highest BCUT2D eigenvalue weighted by molar-refractivity contribution is 7.99. The van der Waals surface area contributed by atoms with Gasteiger partial charge in [-0.2, -0.15) is 0 Å². The quantitative estimate of drug-likeness (QED) is 0.698. The molecule has 0 unspecified atom stereocenters. The fourth-order valence-corrected chi connectivity index (χ4v) is 3.79. The maximum absolute atomic E-state index is 13.5. The van der Waals surface area contributed by atoms with E-state index in [1.54, 1.807) is 18.2 Å². The molecule has 1 aliphatic rings. The Morgan fingerprint density at radius 1 is 1.11 bits per heavy atom. The number of rotatable bonds is 8. The van der Waals surface area contributed by atoms with Crippen LogP contribution in [0.1, 0.15) is 12.0 Å². The molecule has 6 heteroatoms. The highest BCUT2D eigenvalue weighted by Crippen LogP contribution is 2.22. The molecular formula is C21H25FN2O2S. The van der Waals surface area contributed by atoms with Crippen molar-refractivity contribution in [2.24, 2.45) is 0 Å². The molecule has 27 heavy (non-hydrogen) atoms. The number of thioether (sulfide) groups is 1. The maximum Gasteiger partial charge on any atom is 0.225 e. The Morgan fingerprint density at radius 3 is 2.59 bits per heavy atom. The van der Waals surface area contributed by atoms with Gasteiger partial charge in [-0.3, -0.25) is 9.69 Å². The van der Waals surface area contributed by atoms with Gasteiger partial charge >= 0.3 is 0 Å². The number of anilines is 1. The van der Waals surface area contributed by atoms with Crippen molar-refractivity contribution in [2.45, 2.75) is 17.7 Å². The fourth-order valence-electron chi connectivity index (χ4n) is 2.91. The Morgan fingerprint density at radius 2 is 1.85 bits per heavy atom. The van der Waals surface area contributed by atoms with E-state index < -0.39 is 0 Å². The number of hydrogen-bond acceptors (Lipinski definition) is 4. The molecule has 1 heterocycles. The molecule has 2 aromatic carbocycles. The van der Waals surface area contributed by atoms with Gasteiger partial charge in [0.2, 0.25) is 5.91 Å². The summed E-state index contributed by atoms with van der Waals surface area (Å²) < 4.78 is 18.9. The van der Waals surface area contributed by atoms with Crippen LogP contribution in [0.4, 0.5) is 10.1 Å². The predicted octanol–water partition coefficient (Wildman–Crippen LogP) is 3.82. The molecule has 1 saturated heterocycles. The summed E-state index contributed by atoms with van der Waals surface area (Å²) in [6.45, 7) is 4.67. The first-order valence-electron chi connectivity index (χ1n) is 9.27. The van der Waals surface area contributed by atoms with Crippen LogP contribution in [-0.2, 0) is 16.0 Å². The van der Waals surface area contributed by atoms with E-state index in [0.29, 0.717) is 17.1 Å². The molecule has 0 spiro atoms. The van der Waals surface area contributed by atoms with Gasteiger partial charge in [-0.15, -0.1) is 11.8 Å². The van der Waals surface area contributed by atoms with E-state index in [2.05, 4.69) is 22.3 Å². The molecule has 1 aliphatic heterocycles. The molecule has 0 aliphatic carbocycles. The van der Waals surface area contributed by atoms with E-state index in [1.807, 2.05) is 12.1 Å². The minimum Gasteiger partial charge on any atom is -0.379 e. The first kappa shape index (κ1) is 19.9. The van der Waals surface area contributed by atoms with Crippen LogP contribution in [-0.4, -0.2) is 49.4 Å². The van der Waals surface area contributed by atoms with Crippen LogP contribution in [0.2, 0.25) is 0 Å². The van der Waals surface area contributed by atoms with Gasteiger partial charge < -0.3 is 10.1 Å². The number of hydrogen-bond donors (Lipinski definition) is 1. The van der Waals surface area contributed by atoms with E-state index >= 15 is 0 Å². The minimum absolute atomic E-state index is 0.0556. The number of nitrogens with one attached hydrogen (secondary N) is 1. The number of halogens is 1. The molecule has 0 saturated carbocycles. The second-order valence-electron chi connectivity index (χ2n) is 6.48. The number of ether oxygens (including phenoxy) is 1. The van der Waals surface area contributed by atoms with Gasteiger partial charge in [-0.1, -0.05) is 24.3 Å². The lowest BCUT2D eigenvalue weighted by atomic mass is 10.1. The van der Waals surface area contributed by atoms with E-state index in [-0.39, 0.29) is 11.7 Å². The highest BCUT2D eigenvalue weighted by atomic mass is 32.2. The lowest BCUT2D eigenvalue weighted by Crippen LogP contribution is -2.37. The molecule has 0 bridgehead atoms. The minimum atomic E-state index is -0.240. The van der Waals surface area contributed by atoms with Crippen LogP contribution in [0.15, 0.2) is 53.4 Å². The van der Waals surface area contributed by atoms with Crippen LogP contribution in [0.3, 0.4) is 0 Å². The maximum atomic E-state index is 13.5. The molecule has 0 atom stereocenters. The molecular weight excluding hydrogens is 363 g/mol. The third-order valence-electron chi connectivity index (χ3n) is 4.48. The molecule has 1 N–H and O–H groups in total. The van der Waals surface area contributed by atoms with Crippen molar-refractivity contribution >= 4 is 23.4 Å². The van der Waals surface area contributed by atoms with Gasteiger partial charge in [-0.05, 0) is 36.2 Å². The van der Waals surface area contributed by atoms with Gasteiger partial charge in [0.1, 0.15) is 5.82 Å². The second-order valence-corrected chi connectivity index (χ2v) is 7.61. The molecule has 1 amide bonds. The molecule has 144 valence electrons. The summed E-state index contributed by atoms with van der Waals surface area (Å²) >= 11 is 1.36. The topological polar surface area (TPSA) is 41.6 Å². The van der Waals surface area contributed by atoms with Crippen molar-refractivity contribution in [1.82, 2.24) is 4.90 Å². The SMILES string of the molecule is O=C(CCSc1ccccc1F)Nc1ccc(CCN2CCOCC2)cc1. The van der Waals surface area contributed by atoms with E-state index in [1.165, 1.54) is 23.4 Å². The fraction of sp³-hybridized carbons (Fsp3) is 0.381. The van der Waals surface area contributed by atoms with E-state index in [9.17, 15) is 9.18 Å². The standard InChI is InChI=1S/C21H25FN2O2S/c22-19-3-1-2-4-20(19)27-16-10-21(25)23-18-7-5-17(6-8-18)9-11-24-12-14-26-15-13-24/h1-8H,9-16H2,(H,23,25). The number of carbonyl (C=O) groups excluding carboxylic acids is 1. The average Bonchev–Trinajstić information content (AvgIpc) is 2.70. The Bertz CT molecular complexity index is 733. The third kappa shape index (κ3) is 6.65. The van der Waals surface area contributed by atoms with Crippen LogP contribution < -0.4 is 5.32 Å². The number of nitrogens with zero attached hydrogens (tertiary/aromatic N) is 1. The van der Waals surface area contributed by atoms with Crippen molar-refractivity contribution in [1.29, 1.82) is 0 Å². The zero-order chi connectivity index (χ0) is 18.9. The summed E-state index contributed by atoms with van der Waals surface area (Å²) in [5.74, 6) is 0.250. The van der Waals surface area contributed by atoms with E-state index in [4.69, 9.17) is 4.74 Å². The van der Waals surface area contributed by atoms with Crippen molar-refractivity contribution < 1.29 is 13.9 Å². The van der Waals surface area contributed by atoms with Crippen molar-refractivity contribution in [3.05, 3.63) is 59.9 Å². The first-order chi connectivity index (χ1) is 13.2. The molecule has 1 fully saturated rings. The van der Waals surface area contributed by atoms with Gasteiger partial charge in [0.05, 0.1) is 13.2 Å². The number of carbonyl (C=O) groups is 1. The monoisotopic (exact) mass is 388 g/mol. The van der Waals surface area contributed by atoms with Crippen LogP contribution in [0.25, 0.3) is 0 Å². The average molecular weight is 389 g/mol. The number of morpholine rings is 1. The third-order valence-corrected chi connectivity index (χ3v) is 5.53. The Hall–Kier alpha value is -1.89. The van der Waals surface area contributed by atoms with Crippen LogP contribution in [0.5, 0.6) is 0 Å². The van der Waals surface area contributed by atoms with Gasteiger partial charge in [0, 0.05) is 42.4 Å². The summed E-state index contributed by atoms with van der Waals surface area (Å²) in [4.78, 5) is 15.1. The Kier molecular flexibility index (Phi) is 7.68. The molecule has 0 radical (unpaired) electrons. The lowest BCUT2D eigenvalue weighted by molar-refractivity contribution is -0.115. The summed E-state index contributed by atoms with van der Waals surface area (Å²) in [5, 5.41) is 2.90. The zero-order valence-electron chi connectivity index (χ0n) is 15.3. The lowest BCUT2D eigenvalue weighted by Gasteiger charge is -2.26. The van der Waals surface area contributed by atoms with Gasteiger partial charge in [0.25, 0.3) is 0 Å². The molecule has 4 nitrogen and oxygen atoms in total. The summed E-state index contributed by atoms with van der Waals surface area (Å²) in [6.07, 6.45) is 1.34. The zero-order valence-corrected chi connectivity index (χ0v) is 16.1. The first-order valence-corrected chi connectivity index (χ1v) is 10.3. The highest BCUT2D eigenvalue weighted by Gasteiger charge is 2.10. The second kappa shape index (κ2) is 10.4. The Labute approximate surface area is 164 Å². The Balaban J connectivity index is 1.38. The summed E-state index contributed by atoms with van der Waals surface area (Å²) in [6, 6.07) is 14.6. The van der Waals surface area contributed by atoms with Crippen molar-refractivity contribution in [3.8, 4) is 0 Å². The predicted molar refractivity (Wildman–Crippen MR) is 108 cm³/mol. The molecule has 0 aromatic heterocycles. The molecule has 2 aromatic rings. The number of benzene rings is 2. The summed E-state index contributed by atoms with van der Waals surface area (Å²) in [7, 11) is 0. The largest absolute Gasteiger partial charge is 0.379 e. The van der Waals surface area contributed by atoms with Gasteiger partial charge in [-0.25, -0.2) is 4.39 Å². The van der Waals surface area contributed by atoms with Crippen LogP contribution in [0, 0.1) is 5.82 Å². The normalized spacial score (nSPS) is 14.9. The van der Waals surface area contributed by atoms with Crippen molar-refractivity contribution in [2.75, 3.05) is 43.9 Å². The van der Waals surface area contributed by atoms with Gasteiger partial charge in [0.15, 0.2) is 0 Å².